The van der Waals surface area contributed by atoms with E-state index < -0.39 is 0 Å². The topological polar surface area (TPSA) is 62.6 Å². The van der Waals surface area contributed by atoms with Gasteiger partial charge in [-0.15, -0.1) is 0 Å². The number of furan rings is 1. The van der Waals surface area contributed by atoms with E-state index in [2.05, 4.69) is 5.32 Å². The summed E-state index contributed by atoms with van der Waals surface area (Å²) in [5.41, 5.74) is 1.31. The number of nitrogens with zero attached hydrogens (tertiary/aromatic N) is 1. The number of carbonyl (C=O) groups excluding carboxylic acids is 2. The highest BCUT2D eigenvalue weighted by Gasteiger charge is 2.17. The normalized spacial score (nSPS) is 10.4. The van der Waals surface area contributed by atoms with Gasteiger partial charge in [-0.25, -0.2) is 4.39 Å². The molecule has 0 spiro atoms. The minimum absolute atomic E-state index is 0.142. The van der Waals surface area contributed by atoms with Crippen LogP contribution in [-0.4, -0.2) is 29.8 Å². The molecule has 0 saturated heterocycles. The van der Waals surface area contributed by atoms with Gasteiger partial charge in [0.15, 0.2) is 0 Å². The van der Waals surface area contributed by atoms with E-state index in [1.807, 2.05) is 6.92 Å². The average Bonchev–Trinajstić information content (AvgIpc) is 3.12. The predicted molar refractivity (Wildman–Crippen MR) is 87.8 cm³/mol. The van der Waals surface area contributed by atoms with Crippen LogP contribution in [0.5, 0.6) is 0 Å². The first kappa shape index (κ1) is 17.7. The molecule has 1 aromatic heterocycles. The van der Waals surface area contributed by atoms with Crippen molar-refractivity contribution in [1.82, 2.24) is 10.2 Å². The molecule has 1 aromatic carbocycles. The fraction of sp³-hybridized carbons (Fsp3) is 0.333. The third-order valence-electron chi connectivity index (χ3n) is 3.56. The molecule has 1 N–H and O–H groups in total. The van der Waals surface area contributed by atoms with Gasteiger partial charge in [0, 0.05) is 26.1 Å². The Kier molecular flexibility index (Phi) is 6.54. The maximum absolute atomic E-state index is 12.8. The quantitative estimate of drug-likeness (QED) is 0.808. The Morgan fingerprint density at radius 3 is 2.54 bits per heavy atom. The maximum Gasteiger partial charge on any atom is 0.257 e. The molecule has 0 unspecified atom stereocenters. The summed E-state index contributed by atoms with van der Waals surface area (Å²) in [7, 11) is 0. The Morgan fingerprint density at radius 1 is 1.17 bits per heavy atom. The molecule has 0 fully saturated rings. The summed E-state index contributed by atoms with van der Waals surface area (Å²) in [6.45, 7) is 3.23. The van der Waals surface area contributed by atoms with E-state index >= 15 is 0 Å². The Balaban J connectivity index is 1.81. The van der Waals surface area contributed by atoms with E-state index in [9.17, 15) is 14.0 Å². The van der Waals surface area contributed by atoms with Crippen molar-refractivity contribution >= 4 is 11.8 Å². The number of amides is 2. The summed E-state index contributed by atoms with van der Waals surface area (Å²) in [4.78, 5) is 25.9. The van der Waals surface area contributed by atoms with Crippen LogP contribution >= 0.6 is 0 Å². The molecule has 0 radical (unpaired) electrons. The van der Waals surface area contributed by atoms with Gasteiger partial charge in [0.25, 0.3) is 5.91 Å². The number of halogens is 1. The molecular formula is C18H21FN2O3. The third-order valence-corrected chi connectivity index (χ3v) is 3.56. The zero-order valence-electron chi connectivity index (χ0n) is 13.6. The van der Waals surface area contributed by atoms with Crippen molar-refractivity contribution in [3.05, 3.63) is 59.8 Å². The smallest absolute Gasteiger partial charge is 0.257 e. The van der Waals surface area contributed by atoms with Crippen LogP contribution in [0.2, 0.25) is 0 Å². The van der Waals surface area contributed by atoms with E-state index in [0.717, 1.165) is 12.0 Å². The monoisotopic (exact) mass is 332 g/mol. The minimum Gasteiger partial charge on any atom is -0.472 e. The van der Waals surface area contributed by atoms with E-state index in [-0.39, 0.29) is 24.1 Å². The van der Waals surface area contributed by atoms with Crippen molar-refractivity contribution in [2.75, 3.05) is 13.1 Å². The van der Waals surface area contributed by atoms with Gasteiger partial charge in [-0.2, -0.15) is 0 Å². The zero-order valence-corrected chi connectivity index (χ0v) is 13.6. The molecule has 2 amide bonds. The first-order valence-electron chi connectivity index (χ1n) is 7.92. The van der Waals surface area contributed by atoms with E-state index in [0.29, 0.717) is 25.2 Å². The van der Waals surface area contributed by atoms with Crippen LogP contribution in [0.3, 0.4) is 0 Å². The Morgan fingerprint density at radius 2 is 1.92 bits per heavy atom. The van der Waals surface area contributed by atoms with E-state index in [1.54, 1.807) is 23.1 Å². The van der Waals surface area contributed by atoms with Gasteiger partial charge in [0.05, 0.1) is 11.8 Å². The lowest BCUT2D eigenvalue weighted by Gasteiger charge is -2.21. The molecule has 6 heteroatoms. The second kappa shape index (κ2) is 8.86. The lowest BCUT2D eigenvalue weighted by Crippen LogP contribution is -2.35. The van der Waals surface area contributed by atoms with Crippen LogP contribution in [0, 0.1) is 5.82 Å². The molecule has 1 heterocycles. The lowest BCUT2D eigenvalue weighted by molar-refractivity contribution is -0.121. The first-order chi connectivity index (χ1) is 11.6. The fourth-order valence-corrected chi connectivity index (χ4v) is 2.28. The van der Waals surface area contributed by atoms with Gasteiger partial charge >= 0.3 is 0 Å². The first-order valence-corrected chi connectivity index (χ1v) is 7.92. The molecule has 0 atom stereocenters. The molecule has 2 rings (SSSR count). The highest BCUT2D eigenvalue weighted by atomic mass is 19.1. The van der Waals surface area contributed by atoms with Gasteiger partial charge in [-0.1, -0.05) is 19.1 Å². The van der Waals surface area contributed by atoms with Crippen molar-refractivity contribution in [2.45, 2.75) is 26.3 Å². The van der Waals surface area contributed by atoms with Crippen LogP contribution in [0.1, 0.15) is 35.7 Å². The van der Waals surface area contributed by atoms with Crippen molar-refractivity contribution in [3.63, 3.8) is 0 Å². The molecule has 24 heavy (non-hydrogen) atoms. The Labute approximate surface area is 140 Å². The standard InChI is InChI=1S/C18H21FN2O3/c1-2-9-21(18(23)15-8-11-24-13-15)10-7-17(22)20-12-14-3-5-16(19)6-4-14/h3-6,8,11,13H,2,7,9-10,12H2,1H3,(H,20,22). The second-order valence-corrected chi connectivity index (χ2v) is 5.46. The number of carbonyl (C=O) groups is 2. The van der Waals surface area contributed by atoms with Gasteiger partial charge in [-0.05, 0) is 30.2 Å². The molecule has 0 aliphatic carbocycles. The summed E-state index contributed by atoms with van der Waals surface area (Å²) in [5.74, 6) is -0.601. The van der Waals surface area contributed by atoms with Crippen molar-refractivity contribution in [2.24, 2.45) is 0 Å². The van der Waals surface area contributed by atoms with Crippen LogP contribution in [0.25, 0.3) is 0 Å². The largest absolute Gasteiger partial charge is 0.472 e. The average molecular weight is 332 g/mol. The molecule has 2 aromatic rings. The summed E-state index contributed by atoms with van der Waals surface area (Å²) in [6.07, 6.45) is 3.87. The van der Waals surface area contributed by atoms with Crippen molar-refractivity contribution < 1.29 is 18.4 Å². The summed E-state index contributed by atoms with van der Waals surface area (Å²) in [5, 5.41) is 2.77. The maximum atomic E-state index is 12.8. The number of hydrogen-bond acceptors (Lipinski definition) is 3. The van der Waals surface area contributed by atoms with Gasteiger partial charge in [0.2, 0.25) is 5.91 Å². The fourth-order valence-electron chi connectivity index (χ4n) is 2.28. The SMILES string of the molecule is CCCN(CCC(=O)NCc1ccc(F)cc1)C(=O)c1ccoc1. The highest BCUT2D eigenvalue weighted by Crippen LogP contribution is 2.07. The molecule has 0 bridgehead atoms. The van der Waals surface area contributed by atoms with Crippen LogP contribution in [0.4, 0.5) is 4.39 Å². The summed E-state index contributed by atoms with van der Waals surface area (Å²) < 4.78 is 17.8. The number of hydrogen-bond donors (Lipinski definition) is 1. The van der Waals surface area contributed by atoms with Gasteiger partial charge in [0.1, 0.15) is 12.1 Å². The molecule has 0 saturated carbocycles. The Hall–Kier alpha value is -2.63. The minimum atomic E-state index is -0.307. The number of rotatable bonds is 8. The number of benzene rings is 1. The van der Waals surface area contributed by atoms with Crippen LogP contribution in [-0.2, 0) is 11.3 Å². The second-order valence-electron chi connectivity index (χ2n) is 5.46. The molecular weight excluding hydrogens is 311 g/mol. The molecule has 5 nitrogen and oxygen atoms in total. The summed E-state index contributed by atoms with van der Waals surface area (Å²) in [6, 6.07) is 7.57. The third kappa shape index (κ3) is 5.22. The van der Waals surface area contributed by atoms with Crippen molar-refractivity contribution in [1.29, 1.82) is 0 Å². The van der Waals surface area contributed by atoms with E-state index in [4.69, 9.17) is 4.42 Å². The van der Waals surface area contributed by atoms with Crippen molar-refractivity contribution in [3.8, 4) is 0 Å². The van der Waals surface area contributed by atoms with Crippen LogP contribution < -0.4 is 5.32 Å². The number of nitrogens with one attached hydrogen (secondary N) is 1. The van der Waals surface area contributed by atoms with Crippen LogP contribution in [0.15, 0.2) is 47.3 Å². The Bertz CT molecular complexity index is 653. The summed E-state index contributed by atoms with van der Waals surface area (Å²) >= 11 is 0. The zero-order chi connectivity index (χ0) is 17.4. The highest BCUT2D eigenvalue weighted by molar-refractivity contribution is 5.94. The lowest BCUT2D eigenvalue weighted by atomic mass is 10.2. The van der Waals surface area contributed by atoms with E-state index in [1.165, 1.54) is 24.7 Å². The predicted octanol–water partition coefficient (Wildman–Crippen LogP) is 2.98. The van der Waals surface area contributed by atoms with Gasteiger partial charge in [-0.3, -0.25) is 9.59 Å². The van der Waals surface area contributed by atoms with Gasteiger partial charge < -0.3 is 14.6 Å². The molecule has 0 aliphatic heterocycles. The molecule has 0 aliphatic rings. The molecule has 128 valence electrons.